The summed E-state index contributed by atoms with van der Waals surface area (Å²) in [4.78, 5) is 13.4. The predicted octanol–water partition coefficient (Wildman–Crippen LogP) is 0.897. The minimum atomic E-state index is 0.362. The highest BCUT2D eigenvalue weighted by Gasteiger charge is 2.04. The number of rotatable bonds is 8. The molecule has 0 radical (unpaired) electrons. The molecule has 0 aliphatic rings. The normalized spacial score (nSPS) is 10.8. The molecule has 0 unspecified atom stereocenters. The molecule has 0 rings (SSSR count). The molecule has 1 N–H and O–H groups in total. The van der Waals surface area contributed by atoms with Gasteiger partial charge in [-0.05, 0) is 20.5 Å². The molecular weight excluding hydrogens is 164 g/mol. The summed E-state index contributed by atoms with van der Waals surface area (Å²) >= 11 is 0. The Labute approximate surface area is 81.5 Å². The maximum Gasteiger partial charge on any atom is 0.146 e. The van der Waals surface area contributed by atoms with Gasteiger partial charge in [-0.2, -0.15) is 0 Å². The van der Waals surface area contributed by atoms with Crippen LogP contribution in [-0.4, -0.2) is 44.4 Å². The largest absolute Gasteiger partial charge is 0.318 e. The third-order valence-electron chi connectivity index (χ3n) is 2.00. The van der Waals surface area contributed by atoms with Crippen molar-refractivity contribution in [3.8, 4) is 0 Å². The lowest BCUT2D eigenvalue weighted by atomic mass is 10.2. The number of nitrogens with zero attached hydrogens (tertiary/aromatic N) is 1. The van der Waals surface area contributed by atoms with Gasteiger partial charge in [0.05, 0.1) is 6.54 Å². The van der Waals surface area contributed by atoms with Gasteiger partial charge in [-0.15, -0.1) is 0 Å². The summed E-state index contributed by atoms with van der Waals surface area (Å²) in [7, 11) is 3.91. The van der Waals surface area contributed by atoms with E-state index in [0.29, 0.717) is 12.3 Å². The molecule has 0 aromatic rings. The van der Waals surface area contributed by atoms with Gasteiger partial charge in [0.25, 0.3) is 0 Å². The molecule has 0 atom stereocenters. The summed E-state index contributed by atoms with van der Waals surface area (Å²) in [6.45, 7) is 4.59. The molecule has 3 nitrogen and oxygen atoms in total. The maximum absolute atomic E-state index is 11.3. The zero-order valence-corrected chi connectivity index (χ0v) is 9.10. The standard InChI is InChI=1S/C10H22N2O/c1-4-5-6-10(13)9-12(3)8-7-11-2/h11H,4-9H2,1-3H3. The summed E-state index contributed by atoms with van der Waals surface area (Å²) in [5, 5.41) is 3.06. The molecule has 0 saturated carbocycles. The summed E-state index contributed by atoms with van der Waals surface area (Å²) < 4.78 is 0. The van der Waals surface area contributed by atoms with Crippen molar-refractivity contribution in [3.63, 3.8) is 0 Å². The summed E-state index contributed by atoms with van der Waals surface area (Å²) in [6.07, 6.45) is 2.87. The zero-order valence-electron chi connectivity index (χ0n) is 9.10. The molecule has 3 heteroatoms. The Balaban J connectivity index is 3.41. The number of carbonyl (C=O) groups is 1. The lowest BCUT2D eigenvalue weighted by Gasteiger charge is -2.14. The lowest BCUT2D eigenvalue weighted by Crippen LogP contribution is -2.31. The number of likely N-dealkylation sites (N-methyl/N-ethyl adjacent to an activating group) is 2. The monoisotopic (exact) mass is 186 g/mol. The van der Waals surface area contributed by atoms with E-state index >= 15 is 0 Å². The fraction of sp³-hybridized carbons (Fsp3) is 0.900. The molecule has 0 fully saturated rings. The van der Waals surface area contributed by atoms with Crippen molar-refractivity contribution in [2.45, 2.75) is 26.2 Å². The van der Waals surface area contributed by atoms with Gasteiger partial charge >= 0.3 is 0 Å². The van der Waals surface area contributed by atoms with Gasteiger partial charge in [0.1, 0.15) is 5.78 Å². The first-order valence-electron chi connectivity index (χ1n) is 5.05. The number of Topliss-reactive ketones (excluding diaryl/α,β-unsaturated/α-hetero) is 1. The molecule has 0 heterocycles. The number of carbonyl (C=O) groups excluding carboxylic acids is 1. The minimum Gasteiger partial charge on any atom is -0.318 e. The Kier molecular flexibility index (Phi) is 7.94. The predicted molar refractivity (Wildman–Crippen MR) is 56.0 cm³/mol. The average molecular weight is 186 g/mol. The number of unbranched alkanes of at least 4 members (excludes halogenated alkanes) is 1. The van der Waals surface area contributed by atoms with Gasteiger partial charge in [0.2, 0.25) is 0 Å². The van der Waals surface area contributed by atoms with Crippen LogP contribution in [0.25, 0.3) is 0 Å². The Hall–Kier alpha value is -0.410. The van der Waals surface area contributed by atoms with Crippen molar-refractivity contribution in [3.05, 3.63) is 0 Å². The second-order valence-corrected chi connectivity index (χ2v) is 3.48. The lowest BCUT2D eigenvalue weighted by molar-refractivity contribution is -0.120. The first-order valence-corrected chi connectivity index (χ1v) is 5.05. The van der Waals surface area contributed by atoms with Gasteiger partial charge in [-0.25, -0.2) is 0 Å². The molecule has 0 saturated heterocycles. The van der Waals surface area contributed by atoms with E-state index < -0.39 is 0 Å². The van der Waals surface area contributed by atoms with Crippen LogP contribution in [0.2, 0.25) is 0 Å². The van der Waals surface area contributed by atoms with E-state index in [1.807, 2.05) is 14.1 Å². The van der Waals surface area contributed by atoms with Crippen LogP contribution in [0.5, 0.6) is 0 Å². The van der Waals surface area contributed by atoms with Crippen LogP contribution < -0.4 is 5.32 Å². The van der Waals surface area contributed by atoms with Crippen LogP contribution in [0.3, 0.4) is 0 Å². The van der Waals surface area contributed by atoms with Crippen molar-refractivity contribution in [2.24, 2.45) is 0 Å². The smallest absolute Gasteiger partial charge is 0.146 e. The number of hydrogen-bond acceptors (Lipinski definition) is 3. The zero-order chi connectivity index (χ0) is 10.1. The molecule has 0 amide bonds. The highest BCUT2D eigenvalue weighted by molar-refractivity contribution is 5.80. The van der Waals surface area contributed by atoms with Gasteiger partial charge < -0.3 is 5.32 Å². The van der Waals surface area contributed by atoms with Gasteiger partial charge in [0, 0.05) is 19.5 Å². The van der Waals surface area contributed by atoms with Crippen molar-refractivity contribution in [1.82, 2.24) is 10.2 Å². The minimum absolute atomic E-state index is 0.362. The van der Waals surface area contributed by atoms with E-state index in [4.69, 9.17) is 0 Å². The van der Waals surface area contributed by atoms with E-state index in [1.165, 1.54) is 0 Å². The van der Waals surface area contributed by atoms with Crippen LogP contribution in [0.1, 0.15) is 26.2 Å². The molecule has 0 aliphatic heterocycles. The molecule has 13 heavy (non-hydrogen) atoms. The summed E-state index contributed by atoms with van der Waals surface area (Å²) in [5.41, 5.74) is 0. The quantitative estimate of drug-likeness (QED) is 0.611. The van der Waals surface area contributed by atoms with Crippen LogP contribution in [0.15, 0.2) is 0 Å². The van der Waals surface area contributed by atoms with Crippen molar-refractivity contribution in [1.29, 1.82) is 0 Å². The Morgan fingerprint density at radius 3 is 2.69 bits per heavy atom. The second kappa shape index (κ2) is 8.20. The average Bonchev–Trinajstić information content (AvgIpc) is 2.11. The van der Waals surface area contributed by atoms with Crippen molar-refractivity contribution in [2.75, 3.05) is 33.7 Å². The fourth-order valence-electron chi connectivity index (χ4n) is 1.14. The topological polar surface area (TPSA) is 32.3 Å². The van der Waals surface area contributed by atoms with E-state index in [0.717, 1.165) is 32.4 Å². The van der Waals surface area contributed by atoms with Gasteiger partial charge in [-0.1, -0.05) is 13.3 Å². The fourth-order valence-corrected chi connectivity index (χ4v) is 1.14. The number of hydrogen-bond donors (Lipinski definition) is 1. The van der Waals surface area contributed by atoms with Crippen LogP contribution >= 0.6 is 0 Å². The first-order chi connectivity index (χ1) is 6.20. The number of ketones is 1. The van der Waals surface area contributed by atoms with Crippen molar-refractivity contribution < 1.29 is 4.79 Å². The highest BCUT2D eigenvalue weighted by Crippen LogP contribution is 1.96. The van der Waals surface area contributed by atoms with Gasteiger partial charge in [0.15, 0.2) is 0 Å². The molecule has 0 bridgehead atoms. The van der Waals surface area contributed by atoms with Crippen LogP contribution in [-0.2, 0) is 4.79 Å². The van der Waals surface area contributed by atoms with Gasteiger partial charge in [-0.3, -0.25) is 9.69 Å². The first kappa shape index (κ1) is 12.6. The Morgan fingerprint density at radius 1 is 1.46 bits per heavy atom. The molecule has 0 aromatic carbocycles. The van der Waals surface area contributed by atoms with Crippen molar-refractivity contribution >= 4 is 5.78 Å². The number of nitrogens with one attached hydrogen (secondary N) is 1. The molecule has 0 spiro atoms. The Bertz CT molecular complexity index is 137. The van der Waals surface area contributed by atoms with E-state index in [2.05, 4.69) is 17.1 Å². The van der Waals surface area contributed by atoms with Crippen LogP contribution in [0, 0.1) is 0 Å². The molecule has 0 aromatic heterocycles. The van der Waals surface area contributed by atoms with E-state index in [-0.39, 0.29) is 0 Å². The summed E-state index contributed by atoms with van der Waals surface area (Å²) in [5.74, 6) is 0.362. The molecule has 78 valence electrons. The second-order valence-electron chi connectivity index (χ2n) is 3.48. The van der Waals surface area contributed by atoms with E-state index in [1.54, 1.807) is 0 Å². The highest BCUT2D eigenvalue weighted by atomic mass is 16.1. The van der Waals surface area contributed by atoms with E-state index in [9.17, 15) is 4.79 Å². The third-order valence-corrected chi connectivity index (χ3v) is 2.00. The third kappa shape index (κ3) is 7.94. The molecule has 0 aliphatic carbocycles. The molecular formula is C10H22N2O. The Morgan fingerprint density at radius 2 is 2.15 bits per heavy atom. The van der Waals surface area contributed by atoms with Crippen LogP contribution in [0.4, 0.5) is 0 Å². The SMILES string of the molecule is CCCCC(=O)CN(C)CCNC. The maximum atomic E-state index is 11.3. The summed E-state index contributed by atoms with van der Waals surface area (Å²) in [6, 6.07) is 0.